The number of likely N-dealkylation sites (tertiary alicyclic amines) is 1. The van der Waals surface area contributed by atoms with Gasteiger partial charge in [-0.05, 0) is 57.6 Å². The van der Waals surface area contributed by atoms with Crippen LogP contribution in [0.3, 0.4) is 0 Å². The maximum Gasteiger partial charge on any atom is 0.323 e. The van der Waals surface area contributed by atoms with Gasteiger partial charge in [-0.15, -0.1) is 0 Å². The second-order valence-electron chi connectivity index (χ2n) is 5.39. The molecule has 1 heterocycles. The predicted octanol–water partition coefficient (Wildman–Crippen LogP) is 2.72. The van der Waals surface area contributed by atoms with Crippen LogP contribution in [0.1, 0.15) is 19.3 Å². The molecular formula is C15H21ClN2O2. The fraction of sp³-hybridized carbons (Fsp3) is 0.533. The molecule has 1 aliphatic rings. The number of carbonyl (C=O) groups is 1. The molecule has 4 nitrogen and oxygen atoms in total. The summed E-state index contributed by atoms with van der Waals surface area (Å²) in [4.78, 5) is 15.5. The Kier molecular flexibility index (Phi) is 5.26. The highest BCUT2D eigenvalue weighted by Gasteiger charge is 2.23. The molecule has 1 fully saturated rings. The van der Waals surface area contributed by atoms with Crippen molar-refractivity contribution in [2.24, 2.45) is 0 Å². The average molecular weight is 297 g/mol. The Morgan fingerprint density at radius 3 is 2.95 bits per heavy atom. The van der Waals surface area contributed by atoms with Gasteiger partial charge in [0.15, 0.2) is 0 Å². The lowest BCUT2D eigenvalue weighted by Gasteiger charge is -2.32. The normalized spacial score (nSPS) is 20.4. The van der Waals surface area contributed by atoms with Gasteiger partial charge in [0.25, 0.3) is 0 Å². The smallest absolute Gasteiger partial charge is 0.323 e. The topological polar surface area (TPSA) is 43.8 Å². The van der Waals surface area contributed by atoms with Gasteiger partial charge in [0.05, 0.1) is 0 Å². The zero-order valence-electron chi connectivity index (χ0n) is 11.8. The SMILES string of the molecule is CN1CCCC(N(CC(=O)O)c2cccc(Cl)c2)CC1. The van der Waals surface area contributed by atoms with E-state index >= 15 is 0 Å². The highest BCUT2D eigenvalue weighted by molar-refractivity contribution is 6.30. The minimum absolute atomic E-state index is 0.0225. The molecule has 0 aliphatic carbocycles. The number of aliphatic carboxylic acids is 1. The van der Waals surface area contributed by atoms with Crippen molar-refractivity contribution in [1.82, 2.24) is 4.90 Å². The van der Waals surface area contributed by atoms with Gasteiger partial charge in [-0.1, -0.05) is 17.7 Å². The number of nitrogens with zero attached hydrogens (tertiary/aromatic N) is 2. The summed E-state index contributed by atoms with van der Waals surface area (Å²) in [5, 5.41) is 9.82. The highest BCUT2D eigenvalue weighted by Crippen LogP contribution is 2.25. The van der Waals surface area contributed by atoms with Gasteiger partial charge < -0.3 is 14.9 Å². The van der Waals surface area contributed by atoms with E-state index in [4.69, 9.17) is 11.6 Å². The van der Waals surface area contributed by atoms with Gasteiger partial charge in [-0.3, -0.25) is 4.79 Å². The predicted molar refractivity (Wildman–Crippen MR) is 81.6 cm³/mol. The zero-order valence-corrected chi connectivity index (χ0v) is 12.5. The lowest BCUT2D eigenvalue weighted by Crippen LogP contribution is -2.39. The van der Waals surface area contributed by atoms with Gasteiger partial charge in [-0.2, -0.15) is 0 Å². The van der Waals surface area contributed by atoms with Crippen LogP contribution in [0.2, 0.25) is 5.02 Å². The summed E-state index contributed by atoms with van der Waals surface area (Å²) in [6, 6.07) is 7.72. The monoisotopic (exact) mass is 296 g/mol. The molecule has 5 heteroatoms. The largest absolute Gasteiger partial charge is 0.480 e. The third-order valence-corrected chi connectivity index (χ3v) is 4.04. The molecule has 110 valence electrons. The van der Waals surface area contributed by atoms with Crippen LogP contribution >= 0.6 is 11.6 Å². The number of rotatable bonds is 4. The fourth-order valence-electron chi connectivity index (χ4n) is 2.77. The molecule has 0 aromatic heterocycles. The van der Waals surface area contributed by atoms with Gasteiger partial charge in [0.2, 0.25) is 0 Å². The van der Waals surface area contributed by atoms with Crippen LogP contribution in [-0.4, -0.2) is 48.7 Å². The van der Waals surface area contributed by atoms with E-state index in [0.717, 1.165) is 38.0 Å². The lowest BCUT2D eigenvalue weighted by atomic mass is 10.1. The van der Waals surface area contributed by atoms with Crippen LogP contribution < -0.4 is 4.90 Å². The van der Waals surface area contributed by atoms with E-state index in [1.807, 2.05) is 29.2 Å². The third kappa shape index (κ3) is 4.12. The van der Waals surface area contributed by atoms with Crippen molar-refractivity contribution < 1.29 is 9.90 Å². The van der Waals surface area contributed by atoms with Crippen LogP contribution in [-0.2, 0) is 4.79 Å². The molecule has 1 aromatic rings. The minimum Gasteiger partial charge on any atom is -0.480 e. The molecule has 1 saturated heterocycles. The van der Waals surface area contributed by atoms with Crippen molar-refractivity contribution in [1.29, 1.82) is 0 Å². The molecule has 0 radical (unpaired) electrons. The van der Waals surface area contributed by atoms with Crippen molar-refractivity contribution in [3.63, 3.8) is 0 Å². The van der Waals surface area contributed by atoms with E-state index in [1.165, 1.54) is 0 Å². The van der Waals surface area contributed by atoms with Crippen LogP contribution in [0, 0.1) is 0 Å². The lowest BCUT2D eigenvalue weighted by molar-refractivity contribution is -0.135. The standard InChI is InChI=1S/C15H21ClN2O2/c1-17-8-3-6-13(7-9-17)18(11-15(19)20)14-5-2-4-12(16)10-14/h2,4-5,10,13H,3,6-9,11H2,1H3,(H,19,20). The number of benzene rings is 1. The summed E-state index contributed by atoms with van der Waals surface area (Å²) in [5.74, 6) is -0.803. The number of anilines is 1. The second kappa shape index (κ2) is 6.95. The molecule has 1 aromatic carbocycles. The quantitative estimate of drug-likeness (QED) is 0.928. The molecule has 1 unspecified atom stereocenters. The third-order valence-electron chi connectivity index (χ3n) is 3.81. The highest BCUT2D eigenvalue weighted by atomic mass is 35.5. The van der Waals surface area contributed by atoms with Crippen molar-refractivity contribution in [2.75, 3.05) is 31.6 Å². The Bertz CT molecular complexity index is 467. The molecule has 1 aliphatic heterocycles. The van der Waals surface area contributed by atoms with Crippen molar-refractivity contribution in [3.8, 4) is 0 Å². The molecule has 1 N–H and O–H groups in total. The Morgan fingerprint density at radius 2 is 2.25 bits per heavy atom. The van der Waals surface area contributed by atoms with Crippen LogP contribution in [0.15, 0.2) is 24.3 Å². The molecule has 0 saturated carbocycles. The summed E-state index contributed by atoms with van der Waals surface area (Å²) in [7, 11) is 2.11. The first kappa shape index (κ1) is 15.1. The number of carboxylic acids is 1. The molecule has 0 spiro atoms. The van der Waals surface area contributed by atoms with E-state index in [2.05, 4.69) is 11.9 Å². The van der Waals surface area contributed by atoms with Gasteiger partial charge >= 0.3 is 5.97 Å². The molecule has 2 rings (SSSR count). The van der Waals surface area contributed by atoms with Crippen molar-refractivity contribution in [3.05, 3.63) is 29.3 Å². The Balaban J connectivity index is 2.20. The van der Waals surface area contributed by atoms with Gasteiger partial charge in [0.1, 0.15) is 6.54 Å². The summed E-state index contributed by atoms with van der Waals surface area (Å²) in [6.45, 7) is 2.10. The summed E-state index contributed by atoms with van der Waals surface area (Å²) in [5.41, 5.74) is 0.898. The molecule has 1 atom stereocenters. The second-order valence-corrected chi connectivity index (χ2v) is 5.83. The molecular weight excluding hydrogens is 276 g/mol. The molecule has 0 bridgehead atoms. The first-order valence-corrected chi connectivity index (χ1v) is 7.36. The molecule has 0 amide bonds. The number of hydrogen-bond acceptors (Lipinski definition) is 3. The number of carboxylic acid groups (broad SMARTS) is 1. The average Bonchev–Trinajstić information content (AvgIpc) is 2.61. The van der Waals surface area contributed by atoms with E-state index in [-0.39, 0.29) is 12.6 Å². The first-order chi connectivity index (χ1) is 9.56. The summed E-state index contributed by atoms with van der Waals surface area (Å²) in [6.07, 6.45) is 3.10. The maximum atomic E-state index is 11.2. The van der Waals surface area contributed by atoms with Gasteiger partial charge in [0, 0.05) is 16.8 Å². The van der Waals surface area contributed by atoms with E-state index in [0.29, 0.717) is 5.02 Å². The van der Waals surface area contributed by atoms with E-state index in [9.17, 15) is 9.90 Å². The Morgan fingerprint density at radius 1 is 1.45 bits per heavy atom. The summed E-state index contributed by atoms with van der Waals surface area (Å²) >= 11 is 6.04. The van der Waals surface area contributed by atoms with E-state index in [1.54, 1.807) is 0 Å². The van der Waals surface area contributed by atoms with Gasteiger partial charge in [-0.25, -0.2) is 0 Å². The Hall–Kier alpha value is -1.26. The van der Waals surface area contributed by atoms with E-state index < -0.39 is 5.97 Å². The van der Waals surface area contributed by atoms with Crippen LogP contribution in [0.25, 0.3) is 0 Å². The number of hydrogen-bond donors (Lipinski definition) is 1. The summed E-state index contributed by atoms with van der Waals surface area (Å²) < 4.78 is 0. The van der Waals surface area contributed by atoms with Crippen LogP contribution in [0.5, 0.6) is 0 Å². The van der Waals surface area contributed by atoms with Crippen molar-refractivity contribution in [2.45, 2.75) is 25.3 Å². The zero-order chi connectivity index (χ0) is 14.5. The van der Waals surface area contributed by atoms with Crippen molar-refractivity contribution >= 4 is 23.3 Å². The van der Waals surface area contributed by atoms with Crippen LogP contribution in [0.4, 0.5) is 5.69 Å². The number of halogens is 1. The molecule has 20 heavy (non-hydrogen) atoms. The Labute approximate surface area is 124 Å². The first-order valence-electron chi connectivity index (χ1n) is 6.99. The fourth-order valence-corrected chi connectivity index (χ4v) is 2.95. The minimum atomic E-state index is -0.803. The maximum absolute atomic E-state index is 11.2.